The highest BCUT2D eigenvalue weighted by Gasteiger charge is 2.00. The Labute approximate surface area is 104 Å². The first-order chi connectivity index (χ1) is 8.28. The van der Waals surface area contributed by atoms with Crippen molar-refractivity contribution in [2.24, 2.45) is 0 Å². The van der Waals surface area contributed by atoms with Gasteiger partial charge in [-0.15, -0.1) is 11.3 Å². The molecule has 2 aromatic rings. The Balaban J connectivity index is 1.93. The highest BCUT2D eigenvalue weighted by atomic mass is 32.1. The van der Waals surface area contributed by atoms with Crippen LogP contribution in [0, 0.1) is 18.3 Å². The van der Waals surface area contributed by atoms with Gasteiger partial charge in [0.15, 0.2) is 0 Å². The normalized spacial score (nSPS) is 9.88. The Morgan fingerprint density at radius 2 is 2.12 bits per heavy atom. The second-order valence-corrected chi connectivity index (χ2v) is 4.69. The Hall–Kier alpha value is -1.86. The fraction of sp³-hybridized carbons (Fsp3) is 0.231. The van der Waals surface area contributed by atoms with Gasteiger partial charge in [-0.25, -0.2) is 4.98 Å². The Morgan fingerprint density at radius 3 is 2.71 bits per heavy atom. The molecule has 17 heavy (non-hydrogen) atoms. The number of ether oxygens (including phenoxy) is 1. The van der Waals surface area contributed by atoms with Crippen molar-refractivity contribution in [3.8, 4) is 11.8 Å². The molecule has 1 heterocycles. The number of benzene rings is 1. The number of thiazole rings is 1. The lowest BCUT2D eigenvalue weighted by molar-refractivity contribution is 0.302. The lowest BCUT2D eigenvalue weighted by Gasteiger charge is -2.04. The van der Waals surface area contributed by atoms with Crippen LogP contribution >= 0.6 is 11.3 Å². The number of aromatic nitrogens is 1. The number of aryl methyl sites for hydroxylation is 1. The van der Waals surface area contributed by atoms with E-state index in [4.69, 9.17) is 10.00 Å². The first-order valence-corrected chi connectivity index (χ1v) is 6.15. The maximum atomic E-state index is 8.55. The summed E-state index contributed by atoms with van der Waals surface area (Å²) < 4.78 is 5.60. The molecule has 4 heteroatoms. The van der Waals surface area contributed by atoms with Crippen molar-refractivity contribution in [2.75, 3.05) is 0 Å². The van der Waals surface area contributed by atoms with E-state index >= 15 is 0 Å². The van der Waals surface area contributed by atoms with Crippen molar-refractivity contribution in [1.29, 1.82) is 5.26 Å². The molecule has 0 N–H and O–H groups in total. The fourth-order valence-corrected chi connectivity index (χ4v) is 2.02. The zero-order valence-electron chi connectivity index (χ0n) is 9.51. The average molecular weight is 244 g/mol. The minimum atomic E-state index is 0.436. The average Bonchev–Trinajstić information content (AvgIpc) is 2.75. The van der Waals surface area contributed by atoms with Crippen LogP contribution in [-0.2, 0) is 13.0 Å². The SMILES string of the molecule is Cc1nc(COc2ccc(CC#N)cc2)cs1. The summed E-state index contributed by atoms with van der Waals surface area (Å²) >= 11 is 1.62. The van der Waals surface area contributed by atoms with Gasteiger partial charge in [-0.1, -0.05) is 12.1 Å². The molecular weight excluding hydrogens is 232 g/mol. The van der Waals surface area contributed by atoms with E-state index in [0.29, 0.717) is 13.0 Å². The molecule has 1 aromatic heterocycles. The van der Waals surface area contributed by atoms with E-state index in [0.717, 1.165) is 22.0 Å². The molecular formula is C13H12N2OS. The van der Waals surface area contributed by atoms with Crippen LogP contribution < -0.4 is 4.74 Å². The maximum Gasteiger partial charge on any atom is 0.131 e. The van der Waals surface area contributed by atoms with Crippen LogP contribution in [0.5, 0.6) is 5.75 Å². The predicted molar refractivity (Wildman–Crippen MR) is 66.9 cm³/mol. The number of nitrogens with zero attached hydrogens (tertiary/aromatic N) is 2. The summed E-state index contributed by atoms with van der Waals surface area (Å²) in [7, 11) is 0. The molecule has 0 amide bonds. The van der Waals surface area contributed by atoms with Crippen LogP contribution in [0.25, 0.3) is 0 Å². The van der Waals surface area contributed by atoms with Crippen LogP contribution in [-0.4, -0.2) is 4.98 Å². The van der Waals surface area contributed by atoms with Crippen LogP contribution in [0.3, 0.4) is 0 Å². The van der Waals surface area contributed by atoms with Crippen LogP contribution in [0.1, 0.15) is 16.3 Å². The highest BCUT2D eigenvalue weighted by Crippen LogP contribution is 2.15. The van der Waals surface area contributed by atoms with E-state index in [1.165, 1.54) is 0 Å². The molecule has 3 nitrogen and oxygen atoms in total. The minimum Gasteiger partial charge on any atom is -0.487 e. The van der Waals surface area contributed by atoms with E-state index < -0.39 is 0 Å². The molecule has 0 saturated heterocycles. The molecule has 86 valence electrons. The number of rotatable bonds is 4. The van der Waals surface area contributed by atoms with E-state index in [-0.39, 0.29) is 0 Å². The quantitative estimate of drug-likeness (QED) is 0.830. The van der Waals surface area contributed by atoms with Gasteiger partial charge in [0.2, 0.25) is 0 Å². The lowest BCUT2D eigenvalue weighted by atomic mass is 10.2. The first kappa shape index (κ1) is 11.6. The molecule has 0 fully saturated rings. The van der Waals surface area contributed by atoms with Crippen LogP contribution in [0.15, 0.2) is 29.6 Å². The number of nitriles is 1. The van der Waals surface area contributed by atoms with Gasteiger partial charge in [-0.05, 0) is 24.6 Å². The van der Waals surface area contributed by atoms with Gasteiger partial charge >= 0.3 is 0 Å². The Morgan fingerprint density at radius 1 is 1.35 bits per heavy atom. The molecule has 0 aliphatic heterocycles. The fourth-order valence-electron chi connectivity index (χ4n) is 1.43. The zero-order chi connectivity index (χ0) is 12.1. The standard InChI is InChI=1S/C13H12N2OS/c1-10-15-12(9-17-10)8-16-13-4-2-11(3-5-13)6-7-14/h2-5,9H,6,8H2,1H3. The van der Waals surface area contributed by atoms with Gasteiger partial charge in [0.25, 0.3) is 0 Å². The summed E-state index contributed by atoms with van der Waals surface area (Å²) in [6.07, 6.45) is 0.436. The molecule has 0 bridgehead atoms. The molecule has 0 aliphatic carbocycles. The van der Waals surface area contributed by atoms with E-state index in [9.17, 15) is 0 Å². The number of hydrogen-bond donors (Lipinski definition) is 0. The minimum absolute atomic E-state index is 0.436. The van der Waals surface area contributed by atoms with Crippen molar-refractivity contribution < 1.29 is 4.74 Å². The second-order valence-electron chi connectivity index (χ2n) is 3.63. The molecule has 2 rings (SSSR count). The molecule has 0 radical (unpaired) electrons. The topological polar surface area (TPSA) is 45.9 Å². The lowest BCUT2D eigenvalue weighted by Crippen LogP contribution is -1.95. The first-order valence-electron chi connectivity index (χ1n) is 5.27. The monoisotopic (exact) mass is 244 g/mol. The third-order valence-corrected chi connectivity index (χ3v) is 3.08. The summed E-state index contributed by atoms with van der Waals surface area (Å²) in [6.45, 7) is 2.47. The van der Waals surface area contributed by atoms with Crippen molar-refractivity contribution in [1.82, 2.24) is 4.98 Å². The third kappa shape index (κ3) is 3.30. The maximum absolute atomic E-state index is 8.55. The van der Waals surface area contributed by atoms with Crippen LogP contribution in [0.2, 0.25) is 0 Å². The summed E-state index contributed by atoms with van der Waals surface area (Å²) in [5.74, 6) is 0.803. The van der Waals surface area contributed by atoms with Gasteiger partial charge in [0.05, 0.1) is 23.2 Å². The predicted octanol–water partition coefficient (Wildman–Crippen LogP) is 3.10. The van der Waals surface area contributed by atoms with Gasteiger partial charge in [-0.3, -0.25) is 0 Å². The van der Waals surface area contributed by atoms with E-state index in [1.54, 1.807) is 11.3 Å². The van der Waals surface area contributed by atoms with Gasteiger partial charge in [0.1, 0.15) is 12.4 Å². The van der Waals surface area contributed by atoms with Crippen molar-refractivity contribution in [3.05, 3.63) is 45.9 Å². The van der Waals surface area contributed by atoms with E-state index in [1.807, 2.05) is 36.6 Å². The highest BCUT2D eigenvalue weighted by molar-refractivity contribution is 7.09. The molecule has 0 aliphatic rings. The smallest absolute Gasteiger partial charge is 0.131 e. The Kier molecular flexibility index (Phi) is 3.73. The third-order valence-electron chi connectivity index (χ3n) is 2.26. The summed E-state index contributed by atoms with van der Waals surface area (Å²) in [4.78, 5) is 4.32. The molecule has 0 spiro atoms. The van der Waals surface area contributed by atoms with Crippen molar-refractivity contribution >= 4 is 11.3 Å². The van der Waals surface area contributed by atoms with Crippen molar-refractivity contribution in [2.45, 2.75) is 20.0 Å². The summed E-state index contributed by atoms with van der Waals surface area (Å²) in [6, 6.07) is 9.69. The molecule has 0 unspecified atom stereocenters. The summed E-state index contributed by atoms with van der Waals surface area (Å²) in [5, 5.41) is 11.6. The second kappa shape index (κ2) is 5.46. The largest absolute Gasteiger partial charge is 0.487 e. The van der Waals surface area contributed by atoms with Crippen molar-refractivity contribution in [3.63, 3.8) is 0 Å². The van der Waals surface area contributed by atoms with Gasteiger partial charge < -0.3 is 4.74 Å². The Bertz CT molecular complexity index is 525. The zero-order valence-corrected chi connectivity index (χ0v) is 10.3. The van der Waals surface area contributed by atoms with Gasteiger partial charge in [0, 0.05) is 5.38 Å². The van der Waals surface area contributed by atoms with Crippen LogP contribution in [0.4, 0.5) is 0 Å². The molecule has 0 atom stereocenters. The summed E-state index contributed by atoms with van der Waals surface area (Å²) in [5.41, 5.74) is 1.96. The molecule has 1 aromatic carbocycles. The number of hydrogen-bond acceptors (Lipinski definition) is 4. The molecule has 0 saturated carbocycles. The van der Waals surface area contributed by atoms with Gasteiger partial charge in [-0.2, -0.15) is 5.26 Å². The van der Waals surface area contributed by atoms with E-state index in [2.05, 4.69) is 11.1 Å².